The van der Waals surface area contributed by atoms with Gasteiger partial charge in [0.25, 0.3) is 0 Å². The Kier molecular flexibility index (Phi) is 17.1. The largest absolute Gasteiger partial charge is 0.491 e. The molecule has 1 aliphatic rings. The van der Waals surface area contributed by atoms with Crippen LogP contribution in [0.3, 0.4) is 0 Å². The maximum absolute atomic E-state index is 11.9. The Morgan fingerprint density at radius 2 is 1.60 bits per heavy atom. The lowest BCUT2D eigenvalue weighted by Crippen LogP contribution is -2.43. The molecule has 0 aliphatic carbocycles. The Morgan fingerprint density at radius 1 is 0.981 bits per heavy atom. The van der Waals surface area contributed by atoms with Crippen molar-refractivity contribution in [2.75, 3.05) is 26.4 Å². The van der Waals surface area contributed by atoms with Crippen molar-refractivity contribution >= 4 is 36.0 Å². The van der Waals surface area contributed by atoms with Crippen molar-refractivity contribution in [1.82, 2.24) is 20.5 Å². The highest BCUT2D eigenvalue weighted by molar-refractivity contribution is 7.13. The number of likely N-dealkylation sites (tertiary alicyclic amines) is 1. The molecular formula is C41H52N4O7S. The van der Waals surface area contributed by atoms with Gasteiger partial charge in [0.1, 0.15) is 19.0 Å². The van der Waals surface area contributed by atoms with E-state index < -0.39 is 5.97 Å². The third-order valence-corrected chi connectivity index (χ3v) is 9.79. The van der Waals surface area contributed by atoms with E-state index in [1.54, 1.807) is 35.6 Å². The first-order chi connectivity index (χ1) is 25.3. The lowest BCUT2D eigenvalue weighted by molar-refractivity contribution is -0.127. The summed E-state index contributed by atoms with van der Waals surface area (Å²) >= 11 is 1.64. The molecule has 12 heteroatoms. The average molecular weight is 745 g/mol. The van der Waals surface area contributed by atoms with Crippen LogP contribution in [0.5, 0.6) is 5.75 Å². The van der Waals surface area contributed by atoms with Gasteiger partial charge in [0, 0.05) is 25.2 Å². The summed E-state index contributed by atoms with van der Waals surface area (Å²) in [6.45, 7) is 14.5. The molecule has 1 saturated heterocycles. The average Bonchev–Trinajstić information content (AvgIpc) is 3.78. The first-order valence-electron chi connectivity index (χ1n) is 17.6. The summed E-state index contributed by atoms with van der Waals surface area (Å²) in [5.41, 5.74) is 7.35. The number of carbonyl (C=O) groups is 4. The van der Waals surface area contributed by atoms with Crippen LogP contribution in [0.1, 0.15) is 69.1 Å². The van der Waals surface area contributed by atoms with Gasteiger partial charge in [-0.05, 0) is 85.5 Å². The molecule has 4 aromatic rings. The fourth-order valence-corrected chi connectivity index (χ4v) is 5.87. The van der Waals surface area contributed by atoms with Crippen molar-refractivity contribution in [3.05, 3.63) is 95.1 Å². The molecule has 0 bridgehead atoms. The summed E-state index contributed by atoms with van der Waals surface area (Å²) in [6.07, 6.45) is 4.01. The zero-order valence-corrected chi connectivity index (χ0v) is 32.3. The van der Waals surface area contributed by atoms with Gasteiger partial charge in [-0.15, -0.1) is 11.3 Å². The molecular weight excluding hydrogens is 693 g/mol. The van der Waals surface area contributed by atoms with Crippen molar-refractivity contribution in [1.29, 1.82) is 0 Å². The van der Waals surface area contributed by atoms with Crippen molar-refractivity contribution in [3.63, 3.8) is 0 Å². The molecule has 2 heterocycles. The maximum atomic E-state index is 11.9. The zero-order valence-electron chi connectivity index (χ0n) is 31.5. The minimum absolute atomic E-state index is 0.00321. The molecule has 3 N–H and O–H groups in total. The zero-order chi connectivity index (χ0) is 38.8. The van der Waals surface area contributed by atoms with E-state index in [2.05, 4.69) is 55.4 Å². The van der Waals surface area contributed by atoms with Gasteiger partial charge in [-0.1, -0.05) is 69.3 Å². The topological polar surface area (TPSA) is 147 Å². The second kappa shape index (κ2) is 21.5. The van der Waals surface area contributed by atoms with E-state index in [1.807, 2.05) is 60.7 Å². The molecule has 0 spiro atoms. The van der Waals surface area contributed by atoms with Crippen molar-refractivity contribution in [3.8, 4) is 27.3 Å². The van der Waals surface area contributed by atoms with Crippen LogP contribution in [-0.2, 0) is 25.7 Å². The monoisotopic (exact) mass is 744 g/mol. The van der Waals surface area contributed by atoms with Crippen LogP contribution in [0, 0.1) is 12.3 Å². The Hall–Kier alpha value is -5.07. The van der Waals surface area contributed by atoms with Gasteiger partial charge < -0.3 is 30.1 Å². The molecule has 0 saturated carbocycles. The van der Waals surface area contributed by atoms with Crippen molar-refractivity contribution in [2.45, 2.75) is 73.0 Å². The number of nitrogens with one attached hydrogen (secondary N) is 2. The highest BCUT2D eigenvalue weighted by atomic mass is 32.1. The summed E-state index contributed by atoms with van der Waals surface area (Å²) in [5, 5.41) is 14.5. The number of aromatic nitrogens is 1. The molecule has 2 atom stereocenters. The molecule has 11 nitrogen and oxygen atoms in total. The van der Waals surface area contributed by atoms with Gasteiger partial charge in [-0.2, -0.15) is 0 Å². The van der Waals surface area contributed by atoms with E-state index in [0.717, 1.165) is 35.3 Å². The molecule has 3 amide bonds. The molecule has 1 aliphatic heterocycles. The van der Waals surface area contributed by atoms with Gasteiger partial charge in [0.05, 0.1) is 28.3 Å². The SMILES string of the molecule is CC(NC(=O)COCCOc1ccc(-c2ccc(C(=O)O)cc2)cc1)C(C)(C)C.CC1CCCN1C=O.Cc1ncsc1-c1ccc(CNC=O)cc1. The van der Waals surface area contributed by atoms with Crippen LogP contribution >= 0.6 is 11.3 Å². The number of hydrogen-bond donors (Lipinski definition) is 3. The number of aryl methyl sites for hydroxylation is 1. The highest BCUT2D eigenvalue weighted by Crippen LogP contribution is 2.27. The molecule has 284 valence electrons. The Balaban J connectivity index is 0.000000259. The minimum atomic E-state index is -0.941. The first-order valence-corrected chi connectivity index (χ1v) is 18.5. The maximum Gasteiger partial charge on any atom is 0.335 e. The number of thiazole rings is 1. The number of carboxylic acids is 1. The first kappa shape index (κ1) is 42.3. The van der Waals surface area contributed by atoms with Crippen LogP contribution < -0.4 is 15.4 Å². The quantitative estimate of drug-likeness (QED) is 0.0925. The van der Waals surface area contributed by atoms with Crippen LogP contribution in [0.25, 0.3) is 21.6 Å². The smallest absolute Gasteiger partial charge is 0.335 e. The third kappa shape index (κ3) is 14.5. The van der Waals surface area contributed by atoms with Gasteiger partial charge in [-0.25, -0.2) is 9.78 Å². The standard InChI is InChI=1S/C23H29NO5.C12H12N2OS.C6H11NO/c1-16(23(2,3)4)24-21(25)15-28-13-14-29-20-11-9-18(10-12-20)17-5-7-19(8-6-17)22(26)27;1-9-12(16-8-14-9)11-4-2-10(3-5-11)6-13-7-15;1-6-3-2-4-7(6)5-8/h5-12,16H,13-15H2,1-4H3,(H,24,25)(H,26,27);2-5,7-8H,6H2,1H3,(H,13,15);5-6H,2-4H2,1H3. The van der Waals surface area contributed by atoms with E-state index in [-0.39, 0.29) is 29.5 Å². The number of rotatable bonds is 14. The fraction of sp³-hybridized carbons (Fsp3) is 0.390. The number of carbonyl (C=O) groups excluding carboxylic acids is 3. The lowest BCUT2D eigenvalue weighted by Gasteiger charge is -2.28. The van der Waals surface area contributed by atoms with Gasteiger partial charge in [0.2, 0.25) is 18.7 Å². The number of aromatic carboxylic acids is 1. The van der Waals surface area contributed by atoms with E-state index in [9.17, 15) is 19.2 Å². The van der Waals surface area contributed by atoms with Crippen molar-refractivity contribution < 1.29 is 33.8 Å². The lowest BCUT2D eigenvalue weighted by atomic mass is 9.88. The van der Waals surface area contributed by atoms with E-state index >= 15 is 0 Å². The van der Waals surface area contributed by atoms with E-state index in [4.69, 9.17) is 14.6 Å². The predicted molar refractivity (Wildman–Crippen MR) is 209 cm³/mol. The fourth-order valence-electron chi connectivity index (χ4n) is 5.06. The number of hydrogen-bond acceptors (Lipinski definition) is 8. The van der Waals surface area contributed by atoms with Gasteiger partial charge in [0.15, 0.2) is 0 Å². The van der Waals surface area contributed by atoms with Gasteiger partial charge in [-0.3, -0.25) is 14.4 Å². The molecule has 53 heavy (non-hydrogen) atoms. The van der Waals surface area contributed by atoms with E-state index in [0.29, 0.717) is 38.0 Å². The number of benzene rings is 3. The van der Waals surface area contributed by atoms with Crippen LogP contribution in [-0.4, -0.2) is 78.1 Å². The molecule has 0 radical (unpaired) electrons. The summed E-state index contributed by atoms with van der Waals surface area (Å²) in [5.74, 6) is -0.375. The summed E-state index contributed by atoms with van der Waals surface area (Å²) in [4.78, 5) is 50.3. The molecule has 1 aromatic heterocycles. The highest BCUT2D eigenvalue weighted by Gasteiger charge is 2.21. The Bertz CT molecular complexity index is 1720. The Labute approximate surface area is 316 Å². The normalized spacial score (nSPS) is 14.1. The number of nitrogens with zero attached hydrogens (tertiary/aromatic N) is 2. The summed E-state index contributed by atoms with van der Waals surface area (Å²) < 4.78 is 11.0. The van der Waals surface area contributed by atoms with Crippen LogP contribution in [0.2, 0.25) is 0 Å². The number of ether oxygens (including phenoxy) is 2. The molecule has 3 aromatic carbocycles. The molecule has 1 fully saturated rings. The number of amides is 3. The van der Waals surface area contributed by atoms with Gasteiger partial charge >= 0.3 is 5.97 Å². The predicted octanol–water partition coefficient (Wildman–Crippen LogP) is 6.99. The summed E-state index contributed by atoms with van der Waals surface area (Å²) in [6, 6.07) is 22.9. The molecule has 2 unspecified atom stereocenters. The molecule has 5 rings (SSSR count). The Morgan fingerprint density at radius 3 is 2.09 bits per heavy atom. The minimum Gasteiger partial charge on any atom is -0.491 e. The van der Waals surface area contributed by atoms with E-state index in [1.165, 1.54) is 23.3 Å². The van der Waals surface area contributed by atoms with Crippen LogP contribution in [0.15, 0.2) is 78.3 Å². The van der Waals surface area contributed by atoms with Crippen LogP contribution in [0.4, 0.5) is 0 Å². The third-order valence-electron chi connectivity index (χ3n) is 8.82. The second-order valence-electron chi connectivity index (χ2n) is 13.8. The van der Waals surface area contributed by atoms with Crippen molar-refractivity contribution in [2.24, 2.45) is 5.41 Å². The number of carboxylic acid groups (broad SMARTS) is 1. The summed E-state index contributed by atoms with van der Waals surface area (Å²) in [7, 11) is 0. The second-order valence-corrected chi connectivity index (χ2v) is 14.6.